The fourth-order valence-corrected chi connectivity index (χ4v) is 4.06. The van der Waals surface area contributed by atoms with E-state index in [1.165, 1.54) is 11.1 Å². The van der Waals surface area contributed by atoms with Crippen LogP contribution in [0.2, 0.25) is 0 Å². The van der Waals surface area contributed by atoms with E-state index in [2.05, 4.69) is 66.4 Å². The van der Waals surface area contributed by atoms with Gasteiger partial charge in [-0.1, -0.05) is 31.2 Å². The van der Waals surface area contributed by atoms with Crippen LogP contribution in [0.25, 0.3) is 0 Å². The Kier molecular flexibility index (Phi) is 6.94. The molecule has 1 saturated heterocycles. The molecule has 6 nitrogen and oxygen atoms in total. The molecular weight excluding hydrogens is 350 g/mol. The van der Waals surface area contributed by atoms with Gasteiger partial charge < -0.3 is 15.5 Å². The van der Waals surface area contributed by atoms with Gasteiger partial charge in [-0.25, -0.2) is 4.99 Å². The van der Waals surface area contributed by atoms with Gasteiger partial charge in [-0.3, -0.25) is 9.69 Å². The molecule has 0 bridgehead atoms. The van der Waals surface area contributed by atoms with Crippen molar-refractivity contribution >= 4 is 11.9 Å². The van der Waals surface area contributed by atoms with E-state index in [0.29, 0.717) is 24.5 Å². The van der Waals surface area contributed by atoms with Crippen molar-refractivity contribution in [3.63, 3.8) is 0 Å². The molecule has 0 saturated carbocycles. The van der Waals surface area contributed by atoms with Crippen LogP contribution >= 0.6 is 0 Å². The maximum absolute atomic E-state index is 12.7. The fourth-order valence-electron chi connectivity index (χ4n) is 4.06. The highest BCUT2D eigenvalue weighted by molar-refractivity contribution is 5.85. The lowest BCUT2D eigenvalue weighted by atomic mass is 10.00. The lowest BCUT2D eigenvalue weighted by Crippen LogP contribution is -2.47. The largest absolute Gasteiger partial charge is 0.357 e. The zero-order valence-electron chi connectivity index (χ0n) is 17.7. The molecule has 3 rings (SSSR count). The summed E-state index contributed by atoms with van der Waals surface area (Å²) in [4.78, 5) is 21.7. The van der Waals surface area contributed by atoms with Gasteiger partial charge in [-0.2, -0.15) is 0 Å². The molecule has 6 heteroatoms. The first kappa shape index (κ1) is 20.6. The highest BCUT2D eigenvalue weighted by Crippen LogP contribution is 2.19. The normalized spacial score (nSPS) is 23.0. The first-order valence-corrected chi connectivity index (χ1v) is 10.6. The third-order valence-electron chi connectivity index (χ3n) is 5.89. The number of hydrogen-bond donors (Lipinski definition) is 2. The maximum atomic E-state index is 12.7. The highest BCUT2D eigenvalue weighted by Gasteiger charge is 2.31. The molecule has 2 N–H and O–H groups in total. The number of aliphatic imine (C=N–C) groups is 1. The zero-order chi connectivity index (χ0) is 20.1. The van der Waals surface area contributed by atoms with Crippen molar-refractivity contribution in [3.05, 3.63) is 35.4 Å². The van der Waals surface area contributed by atoms with Crippen LogP contribution in [-0.4, -0.2) is 66.5 Å². The number of carbonyl (C=O) groups excluding carboxylic acids is 1. The summed E-state index contributed by atoms with van der Waals surface area (Å²) < 4.78 is 0. The first-order valence-electron chi connectivity index (χ1n) is 10.6. The van der Waals surface area contributed by atoms with Crippen LogP contribution in [0.5, 0.6) is 0 Å². The Bertz CT molecular complexity index is 702. The molecule has 2 aliphatic heterocycles. The highest BCUT2D eigenvalue weighted by atomic mass is 16.2. The summed E-state index contributed by atoms with van der Waals surface area (Å²) in [6.07, 6.45) is 0.925. The van der Waals surface area contributed by atoms with E-state index >= 15 is 0 Å². The van der Waals surface area contributed by atoms with E-state index < -0.39 is 0 Å². The number of benzene rings is 1. The van der Waals surface area contributed by atoms with Crippen LogP contribution in [0.15, 0.2) is 29.3 Å². The smallest absolute Gasteiger partial charge is 0.244 e. The van der Waals surface area contributed by atoms with Crippen LogP contribution in [0.4, 0.5) is 0 Å². The fraction of sp³-hybridized carbons (Fsp3) is 0.636. The third-order valence-corrected chi connectivity index (χ3v) is 5.89. The monoisotopic (exact) mass is 385 g/mol. The molecule has 2 aliphatic rings. The molecule has 1 fully saturated rings. The quantitative estimate of drug-likeness (QED) is 0.600. The summed E-state index contributed by atoms with van der Waals surface area (Å²) in [6.45, 7) is 13.4. The number of fused-ring (bicyclic) bond motifs is 1. The summed E-state index contributed by atoms with van der Waals surface area (Å²) in [5.41, 5.74) is 2.61. The van der Waals surface area contributed by atoms with E-state index in [0.717, 1.165) is 38.6 Å². The summed E-state index contributed by atoms with van der Waals surface area (Å²) in [6, 6.07) is 9.30. The number of likely N-dealkylation sites (tertiary alicyclic amines) is 1. The summed E-state index contributed by atoms with van der Waals surface area (Å²) >= 11 is 0. The van der Waals surface area contributed by atoms with Crippen molar-refractivity contribution in [2.75, 3.05) is 32.7 Å². The van der Waals surface area contributed by atoms with E-state index in [9.17, 15) is 4.79 Å². The van der Waals surface area contributed by atoms with Crippen LogP contribution in [0, 0.1) is 5.92 Å². The van der Waals surface area contributed by atoms with Crippen LogP contribution in [0.3, 0.4) is 0 Å². The Morgan fingerprint density at radius 3 is 2.68 bits per heavy atom. The van der Waals surface area contributed by atoms with Crippen molar-refractivity contribution in [2.24, 2.45) is 10.9 Å². The zero-order valence-corrected chi connectivity index (χ0v) is 17.7. The molecule has 1 aromatic carbocycles. The molecule has 2 unspecified atom stereocenters. The molecule has 0 aliphatic carbocycles. The summed E-state index contributed by atoms with van der Waals surface area (Å²) in [7, 11) is 0. The van der Waals surface area contributed by atoms with Gasteiger partial charge in [0.2, 0.25) is 5.91 Å². The van der Waals surface area contributed by atoms with Crippen molar-refractivity contribution in [1.29, 1.82) is 0 Å². The van der Waals surface area contributed by atoms with Crippen LogP contribution in [0.1, 0.15) is 38.8 Å². The average molecular weight is 386 g/mol. The number of hydrogen-bond acceptors (Lipinski definition) is 3. The Hall–Kier alpha value is -2.08. The number of nitrogens with one attached hydrogen (secondary N) is 2. The van der Waals surface area contributed by atoms with E-state index in [1.807, 2.05) is 11.0 Å². The summed E-state index contributed by atoms with van der Waals surface area (Å²) in [5.74, 6) is 1.39. The second-order valence-corrected chi connectivity index (χ2v) is 8.30. The van der Waals surface area contributed by atoms with Gasteiger partial charge in [0.15, 0.2) is 5.96 Å². The van der Waals surface area contributed by atoms with Gasteiger partial charge in [-0.15, -0.1) is 0 Å². The number of carbonyl (C=O) groups is 1. The van der Waals surface area contributed by atoms with Gasteiger partial charge in [0.25, 0.3) is 0 Å². The SMILES string of the molecule is CCNC(=NCC(=O)N1CCc2ccccc2C1)NC1CN(C(C)C)CC1C. The molecule has 0 spiro atoms. The molecule has 2 atom stereocenters. The van der Waals surface area contributed by atoms with Gasteiger partial charge in [0.05, 0.1) is 0 Å². The Morgan fingerprint density at radius 2 is 2.00 bits per heavy atom. The van der Waals surface area contributed by atoms with Gasteiger partial charge in [-0.05, 0) is 44.2 Å². The Balaban J connectivity index is 1.58. The number of guanidine groups is 1. The van der Waals surface area contributed by atoms with E-state index in [-0.39, 0.29) is 12.5 Å². The second-order valence-electron chi connectivity index (χ2n) is 8.30. The minimum absolute atomic E-state index is 0.0926. The average Bonchev–Trinajstić information content (AvgIpc) is 3.06. The Morgan fingerprint density at radius 1 is 1.25 bits per heavy atom. The summed E-state index contributed by atoms with van der Waals surface area (Å²) in [5, 5.41) is 6.85. The van der Waals surface area contributed by atoms with Crippen molar-refractivity contribution < 1.29 is 4.79 Å². The minimum Gasteiger partial charge on any atom is -0.357 e. The molecular formula is C22H35N5O. The van der Waals surface area contributed by atoms with E-state index in [1.54, 1.807) is 0 Å². The van der Waals surface area contributed by atoms with Gasteiger partial charge in [0.1, 0.15) is 6.54 Å². The molecule has 28 heavy (non-hydrogen) atoms. The first-order chi connectivity index (χ1) is 13.5. The lowest BCUT2D eigenvalue weighted by Gasteiger charge is -2.28. The molecule has 2 heterocycles. The maximum Gasteiger partial charge on any atom is 0.244 e. The third kappa shape index (κ3) is 5.04. The van der Waals surface area contributed by atoms with Crippen molar-refractivity contribution in [3.8, 4) is 0 Å². The molecule has 0 aromatic heterocycles. The number of rotatable bonds is 5. The molecule has 1 aromatic rings. The topological polar surface area (TPSA) is 60.0 Å². The van der Waals surface area contributed by atoms with E-state index in [4.69, 9.17) is 0 Å². The van der Waals surface area contributed by atoms with Crippen molar-refractivity contribution in [2.45, 2.75) is 52.7 Å². The molecule has 0 radical (unpaired) electrons. The van der Waals surface area contributed by atoms with Crippen LogP contribution < -0.4 is 10.6 Å². The van der Waals surface area contributed by atoms with Crippen LogP contribution in [-0.2, 0) is 17.8 Å². The number of amides is 1. The second kappa shape index (κ2) is 9.41. The molecule has 1 amide bonds. The number of nitrogens with zero attached hydrogens (tertiary/aromatic N) is 3. The van der Waals surface area contributed by atoms with Gasteiger partial charge >= 0.3 is 0 Å². The van der Waals surface area contributed by atoms with Gasteiger partial charge in [0, 0.05) is 44.8 Å². The standard InChI is InChI=1S/C22H35N5O/c1-5-23-22(25-20-15-27(16(2)3)13-17(20)4)24-12-21(28)26-11-10-18-8-6-7-9-19(18)14-26/h6-9,16-17,20H,5,10-15H2,1-4H3,(H2,23,24,25). The predicted octanol–water partition coefficient (Wildman–Crippen LogP) is 1.86. The minimum atomic E-state index is 0.0926. The Labute approximate surface area is 169 Å². The predicted molar refractivity (Wildman–Crippen MR) is 114 cm³/mol. The molecule has 154 valence electrons. The van der Waals surface area contributed by atoms with Crippen molar-refractivity contribution in [1.82, 2.24) is 20.4 Å². The lowest BCUT2D eigenvalue weighted by molar-refractivity contribution is -0.130.